The van der Waals surface area contributed by atoms with E-state index in [0.717, 1.165) is 18.6 Å². The van der Waals surface area contributed by atoms with E-state index >= 15 is 0 Å². The third-order valence-electron chi connectivity index (χ3n) is 6.11. The average Bonchev–Trinajstić information content (AvgIpc) is 3.09. The van der Waals surface area contributed by atoms with Gasteiger partial charge in [0.05, 0.1) is 11.3 Å². The first-order valence-corrected chi connectivity index (χ1v) is 13.0. The first kappa shape index (κ1) is 27.2. The van der Waals surface area contributed by atoms with Crippen molar-refractivity contribution in [1.29, 1.82) is 0 Å². The number of anilines is 1. The molecule has 1 aliphatic heterocycles. The summed E-state index contributed by atoms with van der Waals surface area (Å²) in [6.07, 6.45) is -2.86. The van der Waals surface area contributed by atoms with Crippen LogP contribution in [0.5, 0.6) is 5.75 Å². The number of hydrogen-bond donors (Lipinski definition) is 2. The van der Waals surface area contributed by atoms with Crippen molar-refractivity contribution in [2.45, 2.75) is 44.0 Å². The van der Waals surface area contributed by atoms with E-state index in [1.54, 1.807) is 6.07 Å². The lowest BCUT2D eigenvalue weighted by Gasteiger charge is -2.34. The van der Waals surface area contributed by atoms with Crippen LogP contribution in [0.2, 0.25) is 0 Å². The van der Waals surface area contributed by atoms with Crippen LogP contribution >= 0.6 is 0 Å². The van der Waals surface area contributed by atoms with Crippen LogP contribution in [0.25, 0.3) is 11.3 Å². The molecule has 2 N–H and O–H groups in total. The van der Waals surface area contributed by atoms with E-state index in [1.807, 2.05) is 30.4 Å². The highest BCUT2D eigenvalue weighted by Gasteiger charge is 2.39. The molecule has 2 aromatic heterocycles. The lowest BCUT2D eigenvalue weighted by molar-refractivity contribution is -0.274. The molecule has 1 aromatic carbocycles. The number of ether oxygens (including phenoxy) is 1. The van der Waals surface area contributed by atoms with Crippen molar-refractivity contribution in [2.75, 3.05) is 11.4 Å². The molecule has 38 heavy (non-hydrogen) atoms. The minimum absolute atomic E-state index is 0. The number of H-pyrrole nitrogens is 1. The third kappa shape index (κ3) is 5.82. The smallest absolute Gasteiger partial charge is 0.406 e. The number of halogens is 3. The molecule has 0 saturated carbocycles. The summed E-state index contributed by atoms with van der Waals surface area (Å²) in [7, 11) is -4.52. The lowest BCUT2D eigenvalue weighted by atomic mass is 9.97. The van der Waals surface area contributed by atoms with E-state index in [9.17, 15) is 31.2 Å². The molecule has 3 aromatic rings. The summed E-state index contributed by atoms with van der Waals surface area (Å²) in [5.74, 6) is -1.06. The van der Waals surface area contributed by atoms with Crippen molar-refractivity contribution in [2.24, 2.45) is 5.92 Å². The number of sulfonamides is 1. The Morgan fingerprint density at radius 3 is 2.58 bits per heavy atom. The van der Waals surface area contributed by atoms with Crippen molar-refractivity contribution in [3.05, 3.63) is 70.6 Å². The molecular weight excluding hydrogens is 525 g/mol. The minimum atomic E-state index is -4.87. The van der Waals surface area contributed by atoms with E-state index in [2.05, 4.69) is 14.7 Å². The fourth-order valence-electron chi connectivity index (χ4n) is 4.65. The van der Waals surface area contributed by atoms with Gasteiger partial charge in [0.2, 0.25) is 0 Å². The first-order valence-electron chi connectivity index (χ1n) is 11.6. The predicted octanol–water partition coefficient (Wildman–Crippen LogP) is 4.33. The molecule has 1 saturated heterocycles. The Balaban J connectivity index is 0.00000420. The Bertz CT molecular complexity index is 1540. The number of aromatic nitrogens is 2. The molecule has 1 amide bonds. The van der Waals surface area contributed by atoms with E-state index in [1.165, 1.54) is 36.5 Å². The fourth-order valence-corrected chi connectivity index (χ4v) is 5.68. The van der Waals surface area contributed by atoms with Crippen LogP contribution in [0.4, 0.5) is 19.0 Å². The highest BCUT2D eigenvalue weighted by molar-refractivity contribution is 7.90. The number of benzene rings is 1. The van der Waals surface area contributed by atoms with Crippen LogP contribution < -0.4 is 19.9 Å². The molecule has 0 spiro atoms. The highest BCUT2D eigenvalue weighted by Crippen LogP contribution is 2.38. The zero-order valence-electron chi connectivity index (χ0n) is 20.7. The Morgan fingerprint density at radius 2 is 1.95 bits per heavy atom. The van der Waals surface area contributed by atoms with Gasteiger partial charge in [-0.05, 0) is 62.6 Å². The standard InChI is InChI=1S/C25H25F3N4O5S.H2/c1-15-13-24(2,3)32(14-15)21-18(22(33)31-38(35,36)20-8-5-11-29-23(20)34)9-10-19(30-21)16-6-4-7-17(12-16)37-25(26,27)28;/h4-12,15H,13-14H2,1-3H3,(H,29,34)(H,31,33);1H/t15-;/m0./s1. The number of aromatic amines is 1. The molecule has 0 unspecified atom stereocenters. The van der Waals surface area contributed by atoms with Gasteiger partial charge < -0.3 is 14.6 Å². The normalized spacial score (nSPS) is 17.3. The van der Waals surface area contributed by atoms with Gasteiger partial charge in [-0.25, -0.2) is 18.1 Å². The van der Waals surface area contributed by atoms with Gasteiger partial charge in [0.1, 0.15) is 11.6 Å². The second-order valence-electron chi connectivity index (χ2n) is 9.67. The summed E-state index contributed by atoms with van der Waals surface area (Å²) >= 11 is 0. The van der Waals surface area contributed by atoms with Crippen molar-refractivity contribution < 1.29 is 32.5 Å². The lowest BCUT2D eigenvalue weighted by Crippen LogP contribution is -2.41. The Labute approximate surface area is 218 Å². The SMILES string of the molecule is C[C@@H]1CN(c2nc(-c3cccc(OC(F)(F)F)c3)ccc2C(=O)NS(=O)(=O)c2ccc[nH]c2=O)C(C)(C)C1.[HH]. The number of nitrogens with one attached hydrogen (secondary N) is 2. The van der Waals surface area contributed by atoms with Gasteiger partial charge in [0.15, 0.2) is 4.90 Å². The molecule has 0 aliphatic carbocycles. The van der Waals surface area contributed by atoms with Gasteiger partial charge in [0, 0.05) is 25.3 Å². The summed E-state index contributed by atoms with van der Waals surface area (Å²) in [4.78, 5) is 33.4. The van der Waals surface area contributed by atoms with Gasteiger partial charge in [-0.1, -0.05) is 19.1 Å². The minimum Gasteiger partial charge on any atom is -0.406 e. The molecule has 13 heteroatoms. The molecule has 4 rings (SSSR count). The van der Waals surface area contributed by atoms with E-state index in [0.29, 0.717) is 12.1 Å². The maximum Gasteiger partial charge on any atom is 0.573 e. The van der Waals surface area contributed by atoms with Crippen LogP contribution in [-0.2, 0) is 10.0 Å². The van der Waals surface area contributed by atoms with Crippen molar-refractivity contribution in [3.8, 4) is 17.0 Å². The quantitative estimate of drug-likeness (QED) is 0.467. The summed E-state index contributed by atoms with van der Waals surface area (Å²) < 4.78 is 69.7. The highest BCUT2D eigenvalue weighted by atomic mass is 32.2. The number of carbonyl (C=O) groups is 1. The summed E-state index contributed by atoms with van der Waals surface area (Å²) in [5, 5.41) is 0. The van der Waals surface area contributed by atoms with E-state index < -0.39 is 44.0 Å². The Hall–Kier alpha value is -3.87. The summed E-state index contributed by atoms with van der Waals surface area (Å²) in [5.41, 5.74) is -0.876. The van der Waals surface area contributed by atoms with Gasteiger partial charge >= 0.3 is 6.36 Å². The molecule has 0 bridgehead atoms. The zero-order chi connectivity index (χ0) is 27.9. The molecule has 9 nitrogen and oxygen atoms in total. The molecule has 1 fully saturated rings. The van der Waals surface area contributed by atoms with Crippen molar-refractivity contribution in [1.82, 2.24) is 14.7 Å². The van der Waals surface area contributed by atoms with Gasteiger partial charge in [-0.15, -0.1) is 13.2 Å². The number of nitrogens with zero attached hydrogens (tertiary/aromatic N) is 2. The van der Waals surface area contributed by atoms with Crippen LogP contribution in [0.15, 0.2) is 64.4 Å². The van der Waals surface area contributed by atoms with Gasteiger partial charge in [0.25, 0.3) is 21.5 Å². The monoisotopic (exact) mass is 552 g/mol. The Morgan fingerprint density at radius 1 is 1.21 bits per heavy atom. The largest absolute Gasteiger partial charge is 0.573 e. The molecule has 1 aliphatic rings. The zero-order valence-corrected chi connectivity index (χ0v) is 21.5. The maximum atomic E-state index is 13.3. The van der Waals surface area contributed by atoms with Crippen LogP contribution in [0.3, 0.4) is 0 Å². The van der Waals surface area contributed by atoms with Gasteiger partial charge in [-0.2, -0.15) is 0 Å². The number of amides is 1. The van der Waals surface area contributed by atoms with Gasteiger partial charge in [-0.3, -0.25) is 9.59 Å². The molecule has 204 valence electrons. The number of carbonyl (C=O) groups excluding carboxylic acids is 1. The summed E-state index contributed by atoms with van der Waals surface area (Å²) in [6.45, 7) is 6.43. The third-order valence-corrected chi connectivity index (χ3v) is 7.46. The van der Waals surface area contributed by atoms with E-state index in [4.69, 9.17) is 0 Å². The molecular formula is C25H27F3N4O5S. The van der Waals surface area contributed by atoms with Crippen molar-refractivity contribution >= 4 is 21.7 Å². The predicted molar refractivity (Wildman–Crippen MR) is 135 cm³/mol. The second-order valence-corrected chi connectivity index (χ2v) is 11.3. The number of alkyl halides is 3. The van der Waals surface area contributed by atoms with Crippen LogP contribution in [0, 0.1) is 5.92 Å². The topological polar surface area (TPSA) is 121 Å². The Kier molecular flexibility index (Phi) is 6.99. The van der Waals surface area contributed by atoms with Crippen LogP contribution in [0.1, 0.15) is 39.0 Å². The number of hydrogen-bond acceptors (Lipinski definition) is 7. The molecule has 0 radical (unpaired) electrons. The van der Waals surface area contributed by atoms with E-state index in [-0.39, 0.29) is 24.4 Å². The molecule has 3 heterocycles. The van der Waals surface area contributed by atoms with Crippen LogP contribution in [-0.4, -0.2) is 42.7 Å². The summed E-state index contributed by atoms with van der Waals surface area (Å²) in [6, 6.07) is 10.4. The van der Waals surface area contributed by atoms with Crippen molar-refractivity contribution in [3.63, 3.8) is 0 Å². The first-order chi connectivity index (χ1) is 17.7. The molecule has 1 atom stereocenters. The average molecular weight is 553 g/mol. The fraction of sp³-hybridized carbons (Fsp3) is 0.320. The second kappa shape index (κ2) is 9.78. The number of rotatable bonds is 6. The maximum absolute atomic E-state index is 13.3. The number of pyridine rings is 2.